The van der Waals surface area contributed by atoms with Crippen molar-refractivity contribution in [2.75, 3.05) is 6.54 Å². The zero-order valence-electron chi connectivity index (χ0n) is 13.2. The molecule has 0 spiro atoms. The number of carbonyl (C=O) groups excluding carboxylic acids is 1. The Balaban J connectivity index is 1.70. The Morgan fingerprint density at radius 1 is 1.22 bits per heavy atom. The number of piperidine rings is 1. The van der Waals surface area contributed by atoms with Crippen molar-refractivity contribution in [3.05, 3.63) is 29.8 Å². The van der Waals surface area contributed by atoms with Gasteiger partial charge in [-0.2, -0.15) is 0 Å². The van der Waals surface area contributed by atoms with Gasteiger partial charge in [0.05, 0.1) is 4.90 Å². The molecule has 2 aliphatic rings. The first-order valence-electron chi connectivity index (χ1n) is 8.11. The first-order valence-corrected chi connectivity index (χ1v) is 9.59. The first-order chi connectivity index (χ1) is 10.9. The molecule has 1 amide bonds. The van der Waals surface area contributed by atoms with E-state index in [1.807, 2.05) is 0 Å². The molecule has 1 heterocycles. The summed E-state index contributed by atoms with van der Waals surface area (Å²) in [7, 11) is -3.53. The van der Waals surface area contributed by atoms with Crippen LogP contribution in [0.3, 0.4) is 0 Å². The number of amides is 1. The number of carbonyl (C=O) groups is 1. The summed E-state index contributed by atoms with van der Waals surface area (Å²) >= 11 is 0. The van der Waals surface area contributed by atoms with Crippen LogP contribution in [0.5, 0.6) is 0 Å². The van der Waals surface area contributed by atoms with Crippen LogP contribution in [0, 0.1) is 0 Å². The van der Waals surface area contributed by atoms with Crippen molar-refractivity contribution in [1.29, 1.82) is 0 Å². The van der Waals surface area contributed by atoms with Crippen LogP contribution >= 0.6 is 0 Å². The maximum absolute atomic E-state index is 12.4. The first kappa shape index (κ1) is 16.4. The van der Waals surface area contributed by atoms with Crippen molar-refractivity contribution >= 4 is 15.9 Å². The molecule has 2 fully saturated rings. The summed E-state index contributed by atoms with van der Waals surface area (Å²) in [6.07, 6.45) is 3.53. The van der Waals surface area contributed by atoms with Gasteiger partial charge in [-0.05, 0) is 57.4 Å². The van der Waals surface area contributed by atoms with Crippen LogP contribution in [-0.4, -0.2) is 39.0 Å². The van der Waals surface area contributed by atoms with Crippen molar-refractivity contribution in [3.63, 3.8) is 0 Å². The van der Waals surface area contributed by atoms with E-state index in [-0.39, 0.29) is 22.9 Å². The van der Waals surface area contributed by atoms with Crippen molar-refractivity contribution in [2.24, 2.45) is 0 Å². The Morgan fingerprint density at radius 3 is 2.70 bits per heavy atom. The van der Waals surface area contributed by atoms with Gasteiger partial charge in [0.25, 0.3) is 5.91 Å². The van der Waals surface area contributed by atoms with Gasteiger partial charge >= 0.3 is 0 Å². The van der Waals surface area contributed by atoms with Gasteiger partial charge < -0.3 is 10.6 Å². The summed E-state index contributed by atoms with van der Waals surface area (Å²) < 4.78 is 27.1. The smallest absolute Gasteiger partial charge is 0.251 e. The van der Waals surface area contributed by atoms with Gasteiger partial charge in [-0.15, -0.1) is 0 Å². The van der Waals surface area contributed by atoms with E-state index in [2.05, 4.69) is 22.3 Å². The van der Waals surface area contributed by atoms with Crippen molar-refractivity contribution in [1.82, 2.24) is 15.4 Å². The molecule has 23 heavy (non-hydrogen) atoms. The second-order valence-electron chi connectivity index (χ2n) is 6.47. The van der Waals surface area contributed by atoms with Gasteiger partial charge in [-0.25, -0.2) is 13.1 Å². The van der Waals surface area contributed by atoms with E-state index in [4.69, 9.17) is 0 Å². The lowest BCUT2D eigenvalue weighted by molar-refractivity contribution is 0.0925. The number of hydrogen-bond donors (Lipinski definition) is 3. The Morgan fingerprint density at radius 2 is 2.00 bits per heavy atom. The molecule has 6 nitrogen and oxygen atoms in total. The highest BCUT2D eigenvalue weighted by Gasteiger charge is 2.28. The summed E-state index contributed by atoms with van der Waals surface area (Å²) in [6.45, 7) is 2.97. The lowest BCUT2D eigenvalue weighted by Gasteiger charge is -2.28. The maximum atomic E-state index is 12.4. The van der Waals surface area contributed by atoms with Gasteiger partial charge in [-0.1, -0.05) is 6.07 Å². The Labute approximate surface area is 137 Å². The highest BCUT2D eigenvalue weighted by molar-refractivity contribution is 7.89. The molecule has 1 saturated heterocycles. The van der Waals surface area contributed by atoms with Gasteiger partial charge in [0, 0.05) is 23.7 Å². The van der Waals surface area contributed by atoms with Crippen LogP contribution in [0.4, 0.5) is 0 Å². The quantitative estimate of drug-likeness (QED) is 0.748. The van der Waals surface area contributed by atoms with Crippen LogP contribution < -0.4 is 15.4 Å². The fourth-order valence-corrected chi connectivity index (χ4v) is 4.18. The van der Waals surface area contributed by atoms with Crippen LogP contribution in [-0.2, 0) is 10.0 Å². The topological polar surface area (TPSA) is 87.3 Å². The fraction of sp³-hybridized carbons (Fsp3) is 0.562. The van der Waals surface area contributed by atoms with Crippen LogP contribution in [0.1, 0.15) is 43.0 Å². The van der Waals surface area contributed by atoms with Crippen LogP contribution in [0.15, 0.2) is 29.2 Å². The zero-order chi connectivity index (χ0) is 16.4. The third kappa shape index (κ3) is 4.31. The molecule has 2 unspecified atom stereocenters. The number of hydrogen-bond acceptors (Lipinski definition) is 4. The van der Waals surface area contributed by atoms with E-state index >= 15 is 0 Å². The SMILES string of the molecule is CC1CC(NC(=O)c2cccc(S(=O)(=O)NC3CC3)c2)CCN1. The summed E-state index contributed by atoms with van der Waals surface area (Å²) in [6, 6.07) is 6.79. The largest absolute Gasteiger partial charge is 0.349 e. The van der Waals surface area contributed by atoms with E-state index < -0.39 is 10.0 Å². The van der Waals surface area contributed by atoms with Gasteiger partial charge in [-0.3, -0.25) is 4.79 Å². The minimum Gasteiger partial charge on any atom is -0.349 e. The molecule has 1 aromatic carbocycles. The van der Waals surface area contributed by atoms with Gasteiger partial charge in [0.1, 0.15) is 0 Å². The lowest BCUT2D eigenvalue weighted by Crippen LogP contribution is -2.46. The highest BCUT2D eigenvalue weighted by atomic mass is 32.2. The standard InChI is InChI=1S/C16H23N3O3S/c1-11-9-14(7-8-17-11)18-16(20)12-3-2-4-15(10-12)23(21,22)19-13-5-6-13/h2-4,10-11,13-14,17,19H,5-9H2,1H3,(H,18,20). The molecule has 1 aromatic rings. The lowest BCUT2D eigenvalue weighted by atomic mass is 10.0. The van der Waals surface area contributed by atoms with Crippen molar-refractivity contribution in [3.8, 4) is 0 Å². The summed E-state index contributed by atoms with van der Waals surface area (Å²) in [5, 5.41) is 6.34. The average molecular weight is 337 g/mol. The molecular formula is C16H23N3O3S. The Bertz CT molecular complexity index is 686. The van der Waals surface area contributed by atoms with E-state index in [1.54, 1.807) is 12.1 Å². The minimum absolute atomic E-state index is 0.0497. The molecule has 126 valence electrons. The van der Waals surface area contributed by atoms with E-state index in [1.165, 1.54) is 12.1 Å². The third-order valence-electron chi connectivity index (χ3n) is 4.26. The molecule has 3 rings (SSSR count). The van der Waals surface area contributed by atoms with E-state index in [0.717, 1.165) is 32.2 Å². The molecule has 1 aliphatic carbocycles. The second kappa shape index (κ2) is 6.59. The molecule has 3 N–H and O–H groups in total. The molecule has 0 bridgehead atoms. The summed E-state index contributed by atoms with van der Waals surface area (Å²) in [5.41, 5.74) is 0.384. The fourth-order valence-electron chi connectivity index (χ4n) is 2.82. The Hall–Kier alpha value is -1.44. The monoisotopic (exact) mass is 337 g/mol. The van der Waals surface area contributed by atoms with Crippen LogP contribution in [0.25, 0.3) is 0 Å². The molecule has 0 radical (unpaired) electrons. The average Bonchev–Trinajstić information content (AvgIpc) is 3.31. The number of sulfonamides is 1. The Kier molecular flexibility index (Phi) is 4.70. The van der Waals surface area contributed by atoms with E-state index in [0.29, 0.717) is 11.6 Å². The summed E-state index contributed by atoms with van der Waals surface area (Å²) in [4.78, 5) is 12.5. The molecule has 1 aliphatic heterocycles. The minimum atomic E-state index is -3.53. The predicted octanol–water partition coefficient (Wildman–Crippen LogP) is 0.998. The zero-order valence-corrected chi connectivity index (χ0v) is 14.0. The highest BCUT2D eigenvalue weighted by Crippen LogP contribution is 2.22. The molecule has 2 atom stereocenters. The van der Waals surface area contributed by atoms with Crippen LogP contribution in [0.2, 0.25) is 0 Å². The number of benzene rings is 1. The number of rotatable bonds is 5. The second-order valence-corrected chi connectivity index (χ2v) is 8.19. The molecule has 7 heteroatoms. The van der Waals surface area contributed by atoms with Crippen molar-refractivity contribution in [2.45, 2.75) is 55.6 Å². The normalized spacial score (nSPS) is 25.1. The maximum Gasteiger partial charge on any atom is 0.251 e. The third-order valence-corrected chi connectivity index (χ3v) is 5.78. The number of nitrogens with one attached hydrogen (secondary N) is 3. The molecular weight excluding hydrogens is 314 g/mol. The molecule has 1 saturated carbocycles. The summed E-state index contributed by atoms with van der Waals surface area (Å²) in [5.74, 6) is -0.215. The van der Waals surface area contributed by atoms with Crippen molar-refractivity contribution < 1.29 is 13.2 Å². The van der Waals surface area contributed by atoms with Gasteiger partial charge in [0.15, 0.2) is 0 Å². The van der Waals surface area contributed by atoms with Gasteiger partial charge in [0.2, 0.25) is 10.0 Å². The molecule has 0 aromatic heterocycles. The predicted molar refractivity (Wildman–Crippen MR) is 87.7 cm³/mol. The van der Waals surface area contributed by atoms with E-state index in [9.17, 15) is 13.2 Å².